The topological polar surface area (TPSA) is 97.1 Å². The third kappa shape index (κ3) is 4.35. The Hall–Kier alpha value is -2.27. The molecule has 11 heteroatoms. The van der Waals surface area contributed by atoms with E-state index in [1.165, 1.54) is 40.4 Å². The summed E-state index contributed by atoms with van der Waals surface area (Å²) in [5, 5.41) is 4.04. The Morgan fingerprint density at radius 1 is 1.19 bits per heavy atom. The summed E-state index contributed by atoms with van der Waals surface area (Å²) < 4.78 is 55.1. The molecule has 0 saturated carbocycles. The molecule has 0 bridgehead atoms. The first-order valence-corrected chi connectivity index (χ1v) is 10.2. The third-order valence-corrected chi connectivity index (χ3v) is 5.80. The van der Waals surface area contributed by atoms with Gasteiger partial charge in [0, 0.05) is 10.9 Å². The second-order valence-corrected chi connectivity index (χ2v) is 8.16. The summed E-state index contributed by atoms with van der Waals surface area (Å²) in [6.07, 6.45) is -1.02. The number of sulfonamides is 1. The summed E-state index contributed by atoms with van der Waals surface area (Å²) in [5.74, 6) is -1.52. The molecule has 6 nitrogen and oxygen atoms in total. The molecule has 3 rings (SSSR count). The quantitative estimate of drug-likeness (QED) is 0.514. The largest absolute Gasteiger partial charge is 0.365 e. The van der Waals surface area contributed by atoms with Gasteiger partial charge < -0.3 is 11.1 Å². The fraction of sp³-hybridized carbons (Fsp3) is 0.0625. The van der Waals surface area contributed by atoms with Crippen LogP contribution in [0.2, 0.25) is 5.02 Å². The number of thiazole rings is 1. The van der Waals surface area contributed by atoms with Gasteiger partial charge in [0.1, 0.15) is 22.7 Å². The molecule has 0 fully saturated rings. The van der Waals surface area contributed by atoms with Crippen molar-refractivity contribution in [3.8, 4) is 0 Å². The molecule has 0 amide bonds. The number of benzene rings is 2. The molecule has 1 atom stereocenters. The van der Waals surface area contributed by atoms with Crippen molar-refractivity contribution in [1.29, 1.82) is 0 Å². The molecule has 27 heavy (non-hydrogen) atoms. The highest BCUT2D eigenvalue weighted by Crippen LogP contribution is 2.31. The van der Waals surface area contributed by atoms with Gasteiger partial charge in [-0.3, -0.25) is 4.72 Å². The van der Waals surface area contributed by atoms with Gasteiger partial charge in [-0.05, 0) is 18.2 Å². The highest BCUT2D eigenvalue weighted by Gasteiger charge is 2.23. The van der Waals surface area contributed by atoms with Gasteiger partial charge in [-0.1, -0.05) is 29.8 Å². The van der Waals surface area contributed by atoms with E-state index < -0.39 is 32.7 Å². The van der Waals surface area contributed by atoms with Gasteiger partial charge in [-0.25, -0.2) is 22.2 Å². The van der Waals surface area contributed by atoms with Crippen LogP contribution in [0, 0.1) is 11.6 Å². The second-order valence-electron chi connectivity index (χ2n) is 5.39. The van der Waals surface area contributed by atoms with Crippen LogP contribution in [0.25, 0.3) is 0 Å². The first-order valence-electron chi connectivity index (χ1n) is 7.44. The Kier molecular flexibility index (Phi) is 5.61. The molecule has 1 aromatic heterocycles. The highest BCUT2D eigenvalue weighted by atomic mass is 35.5. The molecular weight excluding hydrogens is 418 g/mol. The van der Waals surface area contributed by atoms with Gasteiger partial charge in [0.25, 0.3) is 10.0 Å². The molecule has 0 aliphatic carbocycles. The van der Waals surface area contributed by atoms with Crippen LogP contribution < -0.4 is 15.8 Å². The molecule has 1 heterocycles. The number of halogens is 3. The van der Waals surface area contributed by atoms with E-state index in [1.807, 2.05) is 0 Å². The molecule has 2 aromatic carbocycles. The molecule has 142 valence electrons. The number of rotatable bonds is 6. The third-order valence-electron chi connectivity index (χ3n) is 3.53. The summed E-state index contributed by atoms with van der Waals surface area (Å²) in [4.78, 5) is 3.14. The zero-order chi connectivity index (χ0) is 19.6. The molecule has 0 aliphatic rings. The number of hydrogen-bond donors (Lipinski definition) is 3. The lowest BCUT2D eigenvalue weighted by molar-refractivity contribution is 0.570. The first-order chi connectivity index (χ1) is 12.8. The molecule has 3 aromatic rings. The number of nitrogens with zero attached hydrogens (tertiary/aromatic N) is 1. The fourth-order valence-electron chi connectivity index (χ4n) is 2.27. The standard InChI is InChI=1S/C16H13ClF2N4O2S2/c17-10-5-14(27(24,25)23-15-7-26-8-21-15)12(19)6-13(10)22-16(20)9-3-1-2-4-11(9)18/h1-8,16,22-23H,20H2/t16-/m1/s1. The Morgan fingerprint density at radius 3 is 2.59 bits per heavy atom. The predicted molar refractivity (Wildman–Crippen MR) is 101 cm³/mol. The van der Waals surface area contributed by atoms with Crippen LogP contribution in [0.5, 0.6) is 0 Å². The maximum absolute atomic E-state index is 14.4. The molecule has 0 saturated heterocycles. The molecule has 0 radical (unpaired) electrons. The van der Waals surface area contributed by atoms with Crippen molar-refractivity contribution in [3.05, 3.63) is 69.5 Å². The van der Waals surface area contributed by atoms with E-state index in [0.29, 0.717) is 0 Å². The zero-order valence-electron chi connectivity index (χ0n) is 13.5. The average Bonchev–Trinajstić information content (AvgIpc) is 3.10. The van der Waals surface area contributed by atoms with E-state index in [-0.39, 0.29) is 22.1 Å². The van der Waals surface area contributed by atoms with Crippen molar-refractivity contribution in [1.82, 2.24) is 4.98 Å². The summed E-state index contributed by atoms with van der Waals surface area (Å²) in [5.41, 5.74) is 7.49. The van der Waals surface area contributed by atoms with Crippen molar-refractivity contribution in [2.45, 2.75) is 11.1 Å². The fourth-order valence-corrected chi connectivity index (χ4v) is 4.20. The van der Waals surface area contributed by atoms with Gasteiger partial charge in [0.15, 0.2) is 5.82 Å². The molecular formula is C16H13ClF2N4O2S2. The molecule has 4 N–H and O–H groups in total. The maximum atomic E-state index is 14.4. The predicted octanol–water partition coefficient (Wildman–Crippen LogP) is 3.94. The van der Waals surface area contributed by atoms with E-state index in [9.17, 15) is 17.2 Å². The van der Waals surface area contributed by atoms with Crippen molar-refractivity contribution in [2.24, 2.45) is 5.73 Å². The summed E-state index contributed by atoms with van der Waals surface area (Å²) in [6.45, 7) is 0. The van der Waals surface area contributed by atoms with E-state index in [0.717, 1.165) is 12.1 Å². The number of anilines is 2. The van der Waals surface area contributed by atoms with Gasteiger partial charge in [0.05, 0.1) is 16.2 Å². The van der Waals surface area contributed by atoms with Crippen molar-refractivity contribution in [3.63, 3.8) is 0 Å². The average molecular weight is 431 g/mol. The Bertz CT molecular complexity index is 1060. The van der Waals surface area contributed by atoms with Gasteiger partial charge in [-0.2, -0.15) is 0 Å². The van der Waals surface area contributed by atoms with Crippen molar-refractivity contribution < 1.29 is 17.2 Å². The van der Waals surface area contributed by atoms with E-state index >= 15 is 0 Å². The molecule has 0 aliphatic heterocycles. The summed E-state index contributed by atoms with van der Waals surface area (Å²) in [7, 11) is -4.22. The van der Waals surface area contributed by atoms with E-state index in [4.69, 9.17) is 17.3 Å². The molecule has 0 spiro atoms. The van der Waals surface area contributed by atoms with Crippen molar-refractivity contribution >= 4 is 44.5 Å². The van der Waals surface area contributed by atoms with E-state index in [1.54, 1.807) is 6.07 Å². The smallest absolute Gasteiger partial charge is 0.266 e. The van der Waals surface area contributed by atoms with Crippen LogP contribution >= 0.6 is 22.9 Å². The Labute approximate surface area is 163 Å². The Balaban J connectivity index is 1.88. The lowest BCUT2D eigenvalue weighted by atomic mass is 10.1. The Morgan fingerprint density at radius 2 is 1.93 bits per heavy atom. The van der Waals surface area contributed by atoms with Crippen LogP contribution in [0.3, 0.4) is 0 Å². The monoisotopic (exact) mass is 430 g/mol. The zero-order valence-corrected chi connectivity index (χ0v) is 15.9. The summed E-state index contributed by atoms with van der Waals surface area (Å²) >= 11 is 7.26. The highest BCUT2D eigenvalue weighted by molar-refractivity contribution is 7.92. The lowest BCUT2D eigenvalue weighted by Gasteiger charge is -2.18. The van der Waals surface area contributed by atoms with Crippen LogP contribution in [0.1, 0.15) is 11.7 Å². The van der Waals surface area contributed by atoms with Crippen LogP contribution in [-0.4, -0.2) is 13.4 Å². The molecule has 0 unspecified atom stereocenters. The van der Waals surface area contributed by atoms with Crippen molar-refractivity contribution in [2.75, 3.05) is 10.0 Å². The minimum absolute atomic E-state index is 0.0255. The van der Waals surface area contributed by atoms with E-state index in [2.05, 4.69) is 15.0 Å². The van der Waals surface area contributed by atoms with Crippen LogP contribution in [0.4, 0.5) is 20.3 Å². The SMILES string of the molecule is N[C@H](Nc1cc(F)c(S(=O)(=O)Nc2cscn2)cc1Cl)c1ccccc1F. The number of aromatic nitrogens is 1. The summed E-state index contributed by atoms with van der Waals surface area (Å²) in [6, 6.07) is 7.64. The second kappa shape index (κ2) is 7.77. The minimum atomic E-state index is -4.22. The van der Waals surface area contributed by atoms with Crippen LogP contribution in [0.15, 0.2) is 52.2 Å². The number of nitrogens with two attached hydrogens (primary N) is 1. The maximum Gasteiger partial charge on any atom is 0.266 e. The number of hydrogen-bond acceptors (Lipinski definition) is 6. The normalized spacial score (nSPS) is 12.6. The van der Waals surface area contributed by atoms with Gasteiger partial charge >= 0.3 is 0 Å². The lowest BCUT2D eigenvalue weighted by Crippen LogP contribution is -2.22. The number of nitrogens with one attached hydrogen (secondary N) is 2. The minimum Gasteiger partial charge on any atom is -0.365 e. The first kappa shape index (κ1) is 19.5. The van der Waals surface area contributed by atoms with Gasteiger partial charge in [-0.15, -0.1) is 11.3 Å². The van der Waals surface area contributed by atoms with Crippen LogP contribution in [-0.2, 0) is 10.0 Å². The van der Waals surface area contributed by atoms with Gasteiger partial charge in [0.2, 0.25) is 0 Å².